The quantitative estimate of drug-likeness (QED) is 0.298. The molecule has 1 aliphatic rings. The third kappa shape index (κ3) is 4.24. The average Bonchev–Trinajstić information content (AvgIpc) is 2.52. The van der Waals surface area contributed by atoms with Crippen molar-refractivity contribution in [3.8, 4) is 11.5 Å². The van der Waals surface area contributed by atoms with E-state index >= 15 is 0 Å². The molecule has 124 valence electrons. The highest BCUT2D eigenvalue weighted by atomic mass is 35.5. The lowest BCUT2D eigenvalue weighted by molar-refractivity contribution is -0.131. The Labute approximate surface area is 139 Å². The van der Waals surface area contributed by atoms with E-state index < -0.39 is 11.8 Å². The summed E-state index contributed by atoms with van der Waals surface area (Å²) < 4.78 is 10.2. The van der Waals surface area contributed by atoms with Crippen molar-refractivity contribution in [2.75, 3.05) is 26.3 Å². The molecule has 0 spiro atoms. The first-order chi connectivity index (χ1) is 10.9. The second-order valence-electron chi connectivity index (χ2n) is 5.11. The van der Waals surface area contributed by atoms with Crippen LogP contribution >= 0.6 is 11.6 Å². The molecule has 6 nitrogen and oxygen atoms in total. The van der Waals surface area contributed by atoms with Gasteiger partial charge in [-0.3, -0.25) is 9.59 Å². The van der Waals surface area contributed by atoms with Crippen molar-refractivity contribution in [2.24, 2.45) is 0 Å². The molecule has 1 saturated heterocycles. The SMILES string of the molecule is CC(=O)Oc1ccc(C(=O)/C=C(\Cl)N2CCOCC2)c(O)c1C. The summed E-state index contributed by atoms with van der Waals surface area (Å²) in [5, 5.41) is 10.5. The van der Waals surface area contributed by atoms with Gasteiger partial charge in [-0.1, -0.05) is 11.6 Å². The van der Waals surface area contributed by atoms with E-state index in [1.807, 2.05) is 4.90 Å². The molecule has 1 aliphatic heterocycles. The fourth-order valence-electron chi connectivity index (χ4n) is 2.20. The number of morpholine rings is 1. The molecule has 2 rings (SSSR count). The van der Waals surface area contributed by atoms with Gasteiger partial charge in [0.15, 0.2) is 5.78 Å². The Balaban J connectivity index is 2.22. The average molecular weight is 340 g/mol. The van der Waals surface area contributed by atoms with Gasteiger partial charge >= 0.3 is 5.97 Å². The maximum absolute atomic E-state index is 12.3. The lowest BCUT2D eigenvalue weighted by atomic mass is 10.0. The summed E-state index contributed by atoms with van der Waals surface area (Å²) in [6.45, 7) is 5.16. The molecule has 0 radical (unpaired) electrons. The number of allylic oxidation sites excluding steroid dienone is 1. The van der Waals surface area contributed by atoms with Crippen molar-refractivity contribution in [1.29, 1.82) is 0 Å². The lowest BCUT2D eigenvalue weighted by Crippen LogP contribution is -2.34. The molecule has 0 bridgehead atoms. The van der Waals surface area contributed by atoms with Crippen LogP contribution in [-0.4, -0.2) is 48.1 Å². The van der Waals surface area contributed by atoms with Crippen molar-refractivity contribution in [3.05, 3.63) is 34.5 Å². The second kappa shape index (κ2) is 7.48. The molecular formula is C16H18ClNO5. The summed E-state index contributed by atoms with van der Waals surface area (Å²) in [7, 11) is 0. The minimum absolute atomic E-state index is 0.102. The van der Waals surface area contributed by atoms with Crippen molar-refractivity contribution in [3.63, 3.8) is 0 Å². The van der Waals surface area contributed by atoms with Crippen LogP contribution in [0.5, 0.6) is 11.5 Å². The maximum Gasteiger partial charge on any atom is 0.308 e. The molecule has 1 aromatic carbocycles. The van der Waals surface area contributed by atoms with Gasteiger partial charge in [0.05, 0.1) is 18.8 Å². The molecule has 0 amide bonds. The van der Waals surface area contributed by atoms with Gasteiger partial charge in [-0.15, -0.1) is 0 Å². The zero-order valence-electron chi connectivity index (χ0n) is 13.0. The topological polar surface area (TPSA) is 76.1 Å². The number of phenolic OH excluding ortho intramolecular Hbond substituents is 1. The Hall–Kier alpha value is -2.05. The van der Waals surface area contributed by atoms with E-state index in [1.54, 1.807) is 6.92 Å². The number of nitrogens with zero attached hydrogens (tertiary/aromatic N) is 1. The van der Waals surface area contributed by atoms with E-state index in [1.165, 1.54) is 25.1 Å². The van der Waals surface area contributed by atoms with E-state index in [4.69, 9.17) is 21.1 Å². The summed E-state index contributed by atoms with van der Waals surface area (Å²) in [4.78, 5) is 25.2. The summed E-state index contributed by atoms with van der Waals surface area (Å²) in [6.07, 6.45) is 1.27. The normalized spacial score (nSPS) is 15.4. The highest BCUT2D eigenvalue weighted by Gasteiger charge is 2.18. The van der Waals surface area contributed by atoms with Crippen LogP contribution < -0.4 is 4.74 Å². The molecule has 1 heterocycles. The Morgan fingerprint density at radius 1 is 1.35 bits per heavy atom. The number of benzene rings is 1. The van der Waals surface area contributed by atoms with Crippen LogP contribution in [0.25, 0.3) is 0 Å². The van der Waals surface area contributed by atoms with Crippen molar-refractivity contribution in [1.82, 2.24) is 4.90 Å². The molecule has 0 atom stereocenters. The van der Waals surface area contributed by atoms with Gasteiger partial charge < -0.3 is 19.5 Å². The van der Waals surface area contributed by atoms with Crippen LogP contribution in [0.2, 0.25) is 0 Å². The number of rotatable bonds is 4. The Morgan fingerprint density at radius 2 is 2.00 bits per heavy atom. The van der Waals surface area contributed by atoms with E-state index in [0.717, 1.165) is 0 Å². The number of carbonyl (C=O) groups is 2. The zero-order valence-corrected chi connectivity index (χ0v) is 13.7. The first-order valence-electron chi connectivity index (χ1n) is 7.15. The molecular weight excluding hydrogens is 322 g/mol. The van der Waals surface area contributed by atoms with Crippen LogP contribution in [0.1, 0.15) is 22.8 Å². The number of hydrogen-bond donors (Lipinski definition) is 1. The number of phenols is 1. The van der Waals surface area contributed by atoms with Gasteiger partial charge in [-0.05, 0) is 19.1 Å². The first kappa shape index (κ1) is 17.3. The number of esters is 1. The number of ether oxygens (including phenoxy) is 2. The van der Waals surface area contributed by atoms with Crippen LogP contribution in [0.4, 0.5) is 0 Å². The number of ketones is 1. The lowest BCUT2D eigenvalue weighted by Gasteiger charge is -2.27. The molecule has 7 heteroatoms. The first-order valence-corrected chi connectivity index (χ1v) is 7.53. The summed E-state index contributed by atoms with van der Waals surface area (Å²) in [5.41, 5.74) is 0.423. The van der Waals surface area contributed by atoms with Crippen molar-refractivity contribution in [2.45, 2.75) is 13.8 Å². The molecule has 1 fully saturated rings. The van der Waals surface area contributed by atoms with Gasteiger partial charge in [0.1, 0.15) is 16.7 Å². The van der Waals surface area contributed by atoms with Crippen LogP contribution in [0.3, 0.4) is 0 Å². The molecule has 0 saturated carbocycles. The molecule has 0 aliphatic carbocycles. The van der Waals surface area contributed by atoms with E-state index in [9.17, 15) is 14.7 Å². The Bertz CT molecular complexity index is 650. The van der Waals surface area contributed by atoms with Gasteiger partial charge in [0.25, 0.3) is 0 Å². The van der Waals surface area contributed by atoms with Gasteiger partial charge in [-0.2, -0.15) is 0 Å². The van der Waals surface area contributed by atoms with Gasteiger partial charge in [0.2, 0.25) is 0 Å². The minimum Gasteiger partial charge on any atom is -0.507 e. The fourth-order valence-corrected chi connectivity index (χ4v) is 2.47. The highest BCUT2D eigenvalue weighted by molar-refractivity contribution is 6.31. The third-order valence-electron chi connectivity index (χ3n) is 3.46. The molecule has 23 heavy (non-hydrogen) atoms. The van der Waals surface area contributed by atoms with Crippen molar-refractivity contribution >= 4 is 23.4 Å². The van der Waals surface area contributed by atoms with Crippen LogP contribution in [0.15, 0.2) is 23.4 Å². The Kier molecular flexibility index (Phi) is 5.63. The fraction of sp³-hybridized carbons (Fsp3) is 0.375. The van der Waals surface area contributed by atoms with E-state index in [2.05, 4.69) is 0 Å². The number of carbonyl (C=O) groups excluding carboxylic acids is 2. The van der Waals surface area contributed by atoms with E-state index in [0.29, 0.717) is 37.0 Å². The molecule has 1 aromatic rings. The Morgan fingerprint density at radius 3 is 2.61 bits per heavy atom. The predicted molar refractivity (Wildman–Crippen MR) is 84.8 cm³/mol. The van der Waals surface area contributed by atoms with Gasteiger partial charge in [0, 0.05) is 31.7 Å². The molecule has 0 aromatic heterocycles. The summed E-state index contributed by atoms with van der Waals surface area (Å²) >= 11 is 6.16. The minimum atomic E-state index is -0.498. The van der Waals surface area contributed by atoms with Gasteiger partial charge in [-0.25, -0.2) is 0 Å². The molecule has 1 N–H and O–H groups in total. The molecule has 0 unspecified atom stereocenters. The highest BCUT2D eigenvalue weighted by Crippen LogP contribution is 2.31. The second-order valence-corrected chi connectivity index (χ2v) is 5.50. The van der Waals surface area contributed by atoms with Crippen LogP contribution in [-0.2, 0) is 9.53 Å². The zero-order chi connectivity index (χ0) is 17.0. The number of halogens is 1. The summed E-state index contributed by atoms with van der Waals surface area (Å²) in [5.74, 6) is -0.926. The predicted octanol–water partition coefficient (Wildman–Crippen LogP) is 2.22. The van der Waals surface area contributed by atoms with Crippen LogP contribution in [0, 0.1) is 6.92 Å². The monoisotopic (exact) mass is 339 g/mol. The summed E-state index contributed by atoms with van der Waals surface area (Å²) in [6, 6.07) is 2.88. The number of hydrogen-bond acceptors (Lipinski definition) is 6. The smallest absolute Gasteiger partial charge is 0.308 e. The van der Waals surface area contributed by atoms with E-state index in [-0.39, 0.29) is 17.1 Å². The third-order valence-corrected chi connectivity index (χ3v) is 3.81. The maximum atomic E-state index is 12.3. The standard InChI is InChI=1S/C16H18ClNO5/c1-10-14(23-11(2)19)4-3-12(16(10)21)13(20)9-15(17)18-5-7-22-8-6-18/h3-4,9,21H,5-8H2,1-2H3/b15-9+. The number of aromatic hydroxyl groups is 1. The van der Waals surface area contributed by atoms with Crippen molar-refractivity contribution < 1.29 is 24.2 Å². The largest absolute Gasteiger partial charge is 0.507 e.